The van der Waals surface area contributed by atoms with Crippen molar-refractivity contribution in [3.05, 3.63) is 165 Å². The van der Waals surface area contributed by atoms with Gasteiger partial charge < -0.3 is 24.0 Å². The Bertz CT molecular complexity index is 4370. The highest BCUT2D eigenvalue weighted by Crippen LogP contribution is 2.36. The SMILES string of the molecule is CC(=O)c1nn2c3c(cc(-c4cnc(C)nc4)cc13)C/C=C/CCCCCO[C@@H]1CCN(C(=O)C2)[C@@H]1C(=O)CCc1cccc(Cl)c1F.CC(=O)c1nn2c3c(cc(-c4cnc(C)nc4)cc13)CCCCCCCCO[C@@H]1CCN(C(=O)C2)[C@@H]1C(=O)CCc1cccc(Cl)c1F.CC1CCCO1. The first-order valence-electron chi connectivity index (χ1n) is 36.0. The molecule has 23 heteroatoms. The lowest BCUT2D eigenvalue weighted by atomic mass is 9.96. The van der Waals surface area contributed by atoms with Gasteiger partial charge in [0.15, 0.2) is 23.1 Å². The summed E-state index contributed by atoms with van der Waals surface area (Å²) in [5, 5.41) is 10.7. The average Bonchev–Trinajstić information content (AvgIpc) is 1.47. The Morgan fingerprint density at radius 3 is 1.45 bits per heavy atom. The number of fused-ring (bicyclic) bond motifs is 4. The van der Waals surface area contributed by atoms with E-state index in [0.717, 1.165) is 116 Å². The Morgan fingerprint density at radius 2 is 0.990 bits per heavy atom. The third kappa shape index (κ3) is 18.3. The number of benzene rings is 4. The summed E-state index contributed by atoms with van der Waals surface area (Å²) in [5.41, 5.74) is 8.03. The summed E-state index contributed by atoms with van der Waals surface area (Å²) in [5.74, 6) is -1.10. The van der Waals surface area contributed by atoms with Crippen molar-refractivity contribution in [3.8, 4) is 22.3 Å². The highest BCUT2D eigenvalue weighted by atomic mass is 35.5. The van der Waals surface area contributed by atoms with Gasteiger partial charge in [0, 0.05) is 106 Å². The first-order chi connectivity index (χ1) is 49.3. The van der Waals surface area contributed by atoms with Crippen molar-refractivity contribution in [3.63, 3.8) is 0 Å². The fraction of sp³-hybridized carbons (Fsp3) is 0.468. The number of ketones is 4. The summed E-state index contributed by atoms with van der Waals surface area (Å²) in [6.45, 7) is 11.1. The van der Waals surface area contributed by atoms with E-state index in [1.807, 2.05) is 32.0 Å². The largest absolute Gasteiger partial charge is 0.379 e. The van der Waals surface area contributed by atoms with Crippen LogP contribution < -0.4 is 0 Å². The standard InChI is InChI=1S/C37H41ClFN5O4.C37H39ClFN5O4.C5H10O/c2*1-23(45)35-29-19-27(28-20-40-24(2)41-21-28)18-26-10-7-5-3-4-6-8-17-48-32-15-16-43(33(47)22-44(42-35)36(26)29)37(32)31(46)14-13-25-11-9-12-30(38)34(25)39;1-5-3-2-4-6-5/h9,11-12,18-21,32,37H,3-8,10,13-17,22H2,1-2H3;5,7,9,11-12,18-21,32,37H,3-4,6,8,10,13-17,22H2,1-2H3;5H,2-4H2,1H3/b;7-5+;/t2*32-,37-;/m11./s1. The zero-order chi connectivity index (χ0) is 72.0. The van der Waals surface area contributed by atoms with Crippen LogP contribution in [0.2, 0.25) is 10.0 Å². The average molecular weight is 1430 g/mol. The second-order valence-corrected chi connectivity index (χ2v) is 28.1. The molecular weight excluding hydrogens is 1340 g/mol. The van der Waals surface area contributed by atoms with E-state index in [-0.39, 0.29) is 89.5 Å². The molecule has 0 spiro atoms. The molecule has 2 amide bonds. The monoisotopic (exact) mass is 1430 g/mol. The molecule has 3 saturated heterocycles. The highest BCUT2D eigenvalue weighted by molar-refractivity contribution is 6.31. The third-order valence-electron chi connectivity index (χ3n) is 19.8. The molecule has 9 heterocycles. The molecule has 0 radical (unpaired) electrons. The second kappa shape index (κ2) is 35.2. The van der Waals surface area contributed by atoms with E-state index in [2.05, 4.69) is 50.2 Å². The van der Waals surface area contributed by atoms with Crippen molar-refractivity contribution in [2.45, 2.75) is 207 Å². The molecule has 5 aliphatic heterocycles. The minimum atomic E-state index is -0.807. The van der Waals surface area contributed by atoms with Crippen molar-refractivity contribution in [2.75, 3.05) is 32.9 Å². The molecule has 13 rings (SSSR count). The third-order valence-corrected chi connectivity index (χ3v) is 20.4. The van der Waals surface area contributed by atoms with Gasteiger partial charge in [-0.15, -0.1) is 0 Å². The maximum Gasteiger partial charge on any atom is 0.245 e. The molecule has 0 saturated carbocycles. The lowest BCUT2D eigenvalue weighted by Crippen LogP contribution is -2.47. The van der Waals surface area contributed by atoms with Gasteiger partial charge in [0.25, 0.3) is 0 Å². The quantitative estimate of drug-likeness (QED) is 0.0819. The van der Waals surface area contributed by atoms with Crippen molar-refractivity contribution in [1.29, 1.82) is 0 Å². The Kier molecular flexibility index (Phi) is 25.8. The Labute approximate surface area is 604 Å². The highest BCUT2D eigenvalue weighted by Gasteiger charge is 2.44. The van der Waals surface area contributed by atoms with Gasteiger partial charge in [0.1, 0.15) is 59.8 Å². The molecule has 4 aromatic heterocycles. The number of hydrogen-bond acceptors (Lipinski definition) is 15. The Hall–Kier alpha value is -8.34. The van der Waals surface area contributed by atoms with Crippen LogP contribution in [0.15, 0.2) is 97.6 Å². The minimum Gasteiger partial charge on any atom is -0.379 e. The van der Waals surface area contributed by atoms with Crippen LogP contribution in [-0.4, -0.2) is 148 Å². The summed E-state index contributed by atoms with van der Waals surface area (Å²) in [6.07, 6.45) is 26.1. The van der Waals surface area contributed by atoms with Gasteiger partial charge >= 0.3 is 0 Å². The maximum absolute atomic E-state index is 14.6. The maximum atomic E-state index is 14.6. The van der Waals surface area contributed by atoms with Gasteiger partial charge in [-0.05, 0) is 174 Å². The number of Topliss-reactive ketones (excluding diaryl/α,β-unsaturated/α-hetero) is 4. The van der Waals surface area contributed by atoms with Gasteiger partial charge in [-0.1, -0.05) is 91.7 Å². The molecule has 1 unspecified atom stereocenters. The van der Waals surface area contributed by atoms with Crippen LogP contribution in [0, 0.1) is 25.5 Å². The fourth-order valence-corrected chi connectivity index (χ4v) is 14.8. The summed E-state index contributed by atoms with van der Waals surface area (Å²) in [7, 11) is 0. The topological polar surface area (TPSA) is 224 Å². The number of ether oxygens (including phenoxy) is 3. The van der Waals surface area contributed by atoms with Crippen molar-refractivity contribution in [2.24, 2.45) is 0 Å². The van der Waals surface area contributed by atoms with Gasteiger partial charge in [-0.3, -0.25) is 38.1 Å². The van der Waals surface area contributed by atoms with Crippen LogP contribution >= 0.6 is 23.2 Å². The molecule has 4 aromatic carbocycles. The number of rotatable bonds is 12. The zero-order valence-electron chi connectivity index (χ0n) is 58.9. The summed E-state index contributed by atoms with van der Waals surface area (Å²) < 4.78 is 50.2. The number of carbonyl (C=O) groups is 6. The van der Waals surface area contributed by atoms with Crippen LogP contribution in [0.5, 0.6) is 0 Å². The molecule has 0 aliphatic carbocycles. The van der Waals surface area contributed by atoms with Crippen LogP contribution in [-0.2, 0) is 72.2 Å². The van der Waals surface area contributed by atoms with E-state index in [9.17, 15) is 37.5 Å². The van der Waals surface area contributed by atoms with Gasteiger partial charge in [-0.25, -0.2) is 28.7 Å². The predicted molar refractivity (Wildman–Crippen MR) is 388 cm³/mol. The summed E-state index contributed by atoms with van der Waals surface area (Å²) >= 11 is 12.0. The first-order valence-corrected chi connectivity index (χ1v) is 36.7. The normalized spacial score (nSPS) is 20.5. The zero-order valence-corrected chi connectivity index (χ0v) is 60.4. The molecule has 0 N–H and O–H groups in total. The van der Waals surface area contributed by atoms with E-state index >= 15 is 0 Å². The molecule has 102 heavy (non-hydrogen) atoms. The summed E-state index contributed by atoms with van der Waals surface area (Å²) in [6, 6.07) is 15.9. The molecule has 5 aliphatic rings. The molecule has 5 atom stereocenters. The molecule has 4 bridgehead atoms. The number of aromatic nitrogens is 8. The second-order valence-electron chi connectivity index (χ2n) is 27.3. The number of hydrogen-bond donors (Lipinski definition) is 0. The summed E-state index contributed by atoms with van der Waals surface area (Å²) in [4.78, 5) is 102. The smallest absolute Gasteiger partial charge is 0.245 e. The van der Waals surface area contributed by atoms with Crippen molar-refractivity contribution < 1.29 is 51.8 Å². The van der Waals surface area contributed by atoms with Gasteiger partial charge in [-0.2, -0.15) is 10.2 Å². The van der Waals surface area contributed by atoms with Gasteiger partial charge in [0.2, 0.25) is 11.8 Å². The number of aryl methyl sites for hydroxylation is 5. The molecule has 19 nitrogen and oxygen atoms in total. The number of halogens is 4. The molecule has 3 fully saturated rings. The van der Waals surface area contributed by atoms with E-state index in [4.69, 9.17) is 42.5 Å². The Balaban J connectivity index is 0.000000189. The lowest BCUT2D eigenvalue weighted by molar-refractivity contribution is -0.141. The van der Waals surface area contributed by atoms with Crippen LogP contribution in [0.1, 0.15) is 178 Å². The number of amides is 2. The first kappa shape index (κ1) is 74.8. The van der Waals surface area contributed by atoms with E-state index in [1.165, 1.54) is 38.8 Å². The van der Waals surface area contributed by atoms with Crippen LogP contribution in [0.3, 0.4) is 0 Å². The van der Waals surface area contributed by atoms with Crippen molar-refractivity contribution in [1.82, 2.24) is 49.3 Å². The Morgan fingerprint density at radius 1 is 0.539 bits per heavy atom. The lowest BCUT2D eigenvalue weighted by Gasteiger charge is -2.27. The van der Waals surface area contributed by atoms with E-state index in [1.54, 1.807) is 68.2 Å². The minimum absolute atomic E-state index is 0.00746. The van der Waals surface area contributed by atoms with Crippen molar-refractivity contribution >= 4 is 80.0 Å². The molecular formula is C79H90Cl2F2N10O9. The predicted octanol–water partition coefficient (Wildman–Crippen LogP) is 14.7. The molecule has 538 valence electrons. The van der Waals surface area contributed by atoms with E-state index < -0.39 is 35.9 Å². The molecule has 8 aromatic rings. The van der Waals surface area contributed by atoms with Crippen LogP contribution in [0.25, 0.3) is 44.1 Å². The number of nitrogens with zero attached hydrogens (tertiary/aromatic N) is 10. The van der Waals surface area contributed by atoms with E-state index in [0.29, 0.717) is 96.4 Å². The fourth-order valence-electron chi connectivity index (χ4n) is 14.5. The number of allylic oxidation sites excluding steroid dienone is 2. The van der Waals surface area contributed by atoms with Crippen LogP contribution in [0.4, 0.5) is 8.78 Å². The number of carbonyl (C=O) groups excluding carboxylic acids is 6. The van der Waals surface area contributed by atoms with Gasteiger partial charge in [0.05, 0.1) is 39.4 Å².